The topological polar surface area (TPSA) is 34.8 Å². The summed E-state index contributed by atoms with van der Waals surface area (Å²) < 4.78 is 4.14. The van der Waals surface area contributed by atoms with Crippen LogP contribution in [-0.2, 0) is 0 Å². The van der Waals surface area contributed by atoms with Crippen molar-refractivity contribution in [3.63, 3.8) is 0 Å². The number of rotatable bonds is 1. The van der Waals surface area contributed by atoms with E-state index < -0.39 is 0 Å². The summed E-state index contributed by atoms with van der Waals surface area (Å²) in [6.07, 6.45) is 6.13. The van der Waals surface area contributed by atoms with Crippen molar-refractivity contribution in [3.05, 3.63) is 67.1 Å². The number of hydrogen-bond donors (Lipinski definition) is 1. The van der Waals surface area contributed by atoms with Crippen LogP contribution in [0, 0.1) is 0 Å². The molecule has 4 rings (SSSR count). The van der Waals surface area contributed by atoms with E-state index in [0.29, 0.717) is 0 Å². The molecule has 0 saturated heterocycles. The minimum absolute atomic E-state index is 0.765. The molecule has 0 aliphatic carbocycles. The predicted octanol–water partition coefficient (Wildman–Crippen LogP) is 3.44. The van der Waals surface area contributed by atoms with Crippen molar-refractivity contribution in [3.8, 4) is 11.1 Å². The number of nitrogens with two attached hydrogens (primary N) is 1. The Kier molecular flexibility index (Phi) is 1.97. The third kappa shape index (κ3) is 1.38. The van der Waals surface area contributed by atoms with Crippen LogP contribution in [-0.4, -0.2) is 8.80 Å². The summed E-state index contributed by atoms with van der Waals surface area (Å²) >= 11 is 0. The molecule has 0 aliphatic rings. The first-order chi connectivity index (χ1) is 9.34. The van der Waals surface area contributed by atoms with Crippen LogP contribution < -0.4 is 5.73 Å². The molecule has 3 nitrogen and oxygen atoms in total. The normalized spacial score (nSPS) is 11.4. The Hall–Kier alpha value is -2.68. The van der Waals surface area contributed by atoms with Gasteiger partial charge in [-0.3, -0.25) is 0 Å². The van der Waals surface area contributed by atoms with E-state index in [-0.39, 0.29) is 0 Å². The van der Waals surface area contributed by atoms with E-state index in [9.17, 15) is 0 Å². The fourth-order valence-corrected chi connectivity index (χ4v) is 2.68. The second-order valence-electron chi connectivity index (χ2n) is 4.66. The number of nitrogen functional groups attached to an aromatic ring is 1. The van der Waals surface area contributed by atoms with E-state index >= 15 is 0 Å². The SMILES string of the molecule is Nc1cc(-c2ccn3ccccc23)c2ccccn12. The Morgan fingerprint density at radius 2 is 1.53 bits per heavy atom. The van der Waals surface area contributed by atoms with Gasteiger partial charge in [-0.1, -0.05) is 12.1 Å². The van der Waals surface area contributed by atoms with Gasteiger partial charge in [0.15, 0.2) is 0 Å². The number of fused-ring (bicyclic) bond motifs is 2. The first-order valence-electron chi connectivity index (χ1n) is 6.26. The van der Waals surface area contributed by atoms with Crippen LogP contribution in [0.4, 0.5) is 5.82 Å². The zero-order valence-corrected chi connectivity index (χ0v) is 10.3. The van der Waals surface area contributed by atoms with Crippen LogP contribution in [0.5, 0.6) is 0 Å². The first kappa shape index (κ1) is 10.3. The summed E-state index contributed by atoms with van der Waals surface area (Å²) in [7, 11) is 0. The highest BCUT2D eigenvalue weighted by Gasteiger charge is 2.11. The number of aromatic nitrogens is 2. The van der Waals surface area contributed by atoms with Crippen LogP contribution in [0.25, 0.3) is 22.2 Å². The van der Waals surface area contributed by atoms with Crippen LogP contribution >= 0.6 is 0 Å². The molecule has 0 bridgehead atoms. The third-order valence-corrected chi connectivity index (χ3v) is 3.56. The van der Waals surface area contributed by atoms with E-state index in [1.54, 1.807) is 0 Å². The fourth-order valence-electron chi connectivity index (χ4n) is 2.68. The molecular formula is C16H13N3. The molecule has 4 aromatic heterocycles. The molecule has 4 heterocycles. The summed E-state index contributed by atoms with van der Waals surface area (Å²) in [5, 5.41) is 0. The average Bonchev–Trinajstić information content (AvgIpc) is 3.01. The zero-order valence-electron chi connectivity index (χ0n) is 10.3. The summed E-state index contributed by atoms with van der Waals surface area (Å²) in [4.78, 5) is 0. The number of hydrogen-bond acceptors (Lipinski definition) is 1. The molecule has 0 atom stereocenters. The number of nitrogens with zero attached hydrogens (tertiary/aromatic N) is 2. The van der Waals surface area contributed by atoms with E-state index in [1.165, 1.54) is 16.6 Å². The molecule has 0 spiro atoms. The lowest BCUT2D eigenvalue weighted by Gasteiger charge is -2.00. The van der Waals surface area contributed by atoms with E-state index in [1.807, 2.05) is 34.9 Å². The van der Waals surface area contributed by atoms with Crippen molar-refractivity contribution in [1.82, 2.24) is 8.80 Å². The molecule has 2 N–H and O–H groups in total. The van der Waals surface area contributed by atoms with Gasteiger partial charge in [-0.05, 0) is 36.4 Å². The van der Waals surface area contributed by atoms with Crippen molar-refractivity contribution in [2.75, 3.05) is 5.73 Å². The van der Waals surface area contributed by atoms with Crippen molar-refractivity contribution in [2.24, 2.45) is 0 Å². The highest BCUT2D eigenvalue weighted by atomic mass is 15.0. The van der Waals surface area contributed by atoms with Crippen molar-refractivity contribution >= 4 is 16.9 Å². The summed E-state index contributed by atoms with van der Waals surface area (Å²) in [6, 6.07) is 16.5. The van der Waals surface area contributed by atoms with Crippen LogP contribution in [0.15, 0.2) is 67.1 Å². The van der Waals surface area contributed by atoms with Gasteiger partial charge in [0.05, 0.1) is 11.0 Å². The molecule has 19 heavy (non-hydrogen) atoms. The monoisotopic (exact) mass is 247 g/mol. The lowest BCUT2D eigenvalue weighted by Crippen LogP contribution is -1.90. The lowest BCUT2D eigenvalue weighted by molar-refractivity contribution is 1.20. The zero-order chi connectivity index (χ0) is 12.8. The van der Waals surface area contributed by atoms with Gasteiger partial charge in [0, 0.05) is 29.7 Å². The minimum atomic E-state index is 0.765. The van der Waals surface area contributed by atoms with Gasteiger partial charge < -0.3 is 14.5 Å². The molecular weight excluding hydrogens is 234 g/mol. The average molecular weight is 247 g/mol. The van der Waals surface area contributed by atoms with Crippen molar-refractivity contribution in [2.45, 2.75) is 0 Å². The van der Waals surface area contributed by atoms with Gasteiger partial charge in [-0.25, -0.2) is 0 Å². The molecule has 0 aromatic carbocycles. The van der Waals surface area contributed by atoms with Crippen LogP contribution in [0.3, 0.4) is 0 Å². The Morgan fingerprint density at radius 1 is 0.737 bits per heavy atom. The Bertz CT molecular complexity index is 883. The Labute approximate surface area is 110 Å². The summed E-state index contributed by atoms with van der Waals surface area (Å²) in [5.41, 5.74) is 10.8. The molecule has 3 heteroatoms. The molecule has 0 fully saturated rings. The smallest absolute Gasteiger partial charge is 0.108 e. The van der Waals surface area contributed by atoms with Gasteiger partial charge in [0.1, 0.15) is 5.82 Å². The maximum Gasteiger partial charge on any atom is 0.108 e. The van der Waals surface area contributed by atoms with Gasteiger partial charge >= 0.3 is 0 Å². The highest BCUT2D eigenvalue weighted by molar-refractivity contribution is 5.92. The quantitative estimate of drug-likeness (QED) is 0.549. The van der Waals surface area contributed by atoms with E-state index in [2.05, 4.69) is 41.1 Å². The van der Waals surface area contributed by atoms with Crippen LogP contribution in [0.1, 0.15) is 0 Å². The fraction of sp³-hybridized carbons (Fsp3) is 0. The van der Waals surface area contributed by atoms with E-state index in [0.717, 1.165) is 11.3 Å². The molecule has 4 aromatic rings. The highest BCUT2D eigenvalue weighted by Crippen LogP contribution is 2.32. The van der Waals surface area contributed by atoms with Gasteiger partial charge in [-0.15, -0.1) is 0 Å². The lowest BCUT2D eigenvalue weighted by atomic mass is 10.1. The third-order valence-electron chi connectivity index (χ3n) is 3.56. The van der Waals surface area contributed by atoms with Gasteiger partial charge in [-0.2, -0.15) is 0 Å². The molecule has 92 valence electrons. The summed E-state index contributed by atoms with van der Waals surface area (Å²) in [5.74, 6) is 0.765. The molecule has 0 unspecified atom stereocenters. The molecule has 0 amide bonds. The minimum Gasteiger partial charge on any atom is -0.385 e. The van der Waals surface area contributed by atoms with Gasteiger partial charge in [0.2, 0.25) is 0 Å². The Balaban J connectivity index is 2.10. The molecule has 0 aliphatic heterocycles. The van der Waals surface area contributed by atoms with Gasteiger partial charge in [0.25, 0.3) is 0 Å². The number of pyridine rings is 2. The largest absolute Gasteiger partial charge is 0.385 e. The summed E-state index contributed by atoms with van der Waals surface area (Å²) in [6.45, 7) is 0. The standard InChI is InChI=1S/C16H13N3/c17-16-11-13(15-6-2-4-9-19(15)16)12-7-10-18-8-3-1-5-14(12)18/h1-11H,17H2. The second kappa shape index (κ2) is 3.65. The Morgan fingerprint density at radius 3 is 2.42 bits per heavy atom. The van der Waals surface area contributed by atoms with Crippen LogP contribution in [0.2, 0.25) is 0 Å². The van der Waals surface area contributed by atoms with Crippen molar-refractivity contribution in [1.29, 1.82) is 0 Å². The first-order valence-corrected chi connectivity index (χ1v) is 6.26. The number of anilines is 1. The van der Waals surface area contributed by atoms with E-state index in [4.69, 9.17) is 5.73 Å². The predicted molar refractivity (Wildman–Crippen MR) is 78.2 cm³/mol. The molecule has 0 saturated carbocycles. The second-order valence-corrected chi connectivity index (χ2v) is 4.66. The maximum atomic E-state index is 6.08. The van der Waals surface area contributed by atoms with Crippen molar-refractivity contribution < 1.29 is 0 Å². The molecule has 0 radical (unpaired) electrons. The maximum absolute atomic E-state index is 6.08.